The number of rotatable bonds is 1. The first kappa shape index (κ1) is 6.74. The third-order valence-corrected chi connectivity index (χ3v) is 1.15. The summed E-state index contributed by atoms with van der Waals surface area (Å²) in [4.78, 5) is 21.4. The standard InChI is InChI=1S/C7H6O3/c1-10-4-5-6(8)2-3-7(5)9/h2-4H,1H3. The number of methoxy groups -OCH3 is 1. The molecular formula is C7H6O3. The van der Waals surface area contributed by atoms with Gasteiger partial charge in [0.05, 0.1) is 13.4 Å². The van der Waals surface area contributed by atoms with Crippen molar-refractivity contribution in [1.82, 2.24) is 0 Å². The van der Waals surface area contributed by atoms with Gasteiger partial charge in [-0.1, -0.05) is 0 Å². The summed E-state index contributed by atoms with van der Waals surface area (Å²) in [6.07, 6.45) is 3.62. The lowest BCUT2D eigenvalue weighted by molar-refractivity contribution is -0.115. The molecule has 1 aliphatic rings. The van der Waals surface area contributed by atoms with Crippen molar-refractivity contribution in [2.24, 2.45) is 0 Å². The first-order valence-electron chi connectivity index (χ1n) is 2.75. The molecule has 0 aliphatic heterocycles. The first-order valence-corrected chi connectivity index (χ1v) is 2.75. The molecule has 0 saturated carbocycles. The summed E-state index contributed by atoms with van der Waals surface area (Å²) in [5, 5.41) is 0. The van der Waals surface area contributed by atoms with Crippen LogP contribution in [0.25, 0.3) is 0 Å². The van der Waals surface area contributed by atoms with Crippen molar-refractivity contribution in [2.45, 2.75) is 0 Å². The lowest BCUT2D eigenvalue weighted by Crippen LogP contribution is -2.00. The number of carbonyl (C=O) groups is 2. The molecule has 0 saturated heterocycles. The van der Waals surface area contributed by atoms with Crippen LogP contribution in [-0.2, 0) is 14.3 Å². The molecule has 3 nitrogen and oxygen atoms in total. The number of hydrogen-bond acceptors (Lipinski definition) is 3. The summed E-state index contributed by atoms with van der Waals surface area (Å²) in [6.45, 7) is 0. The molecule has 0 aromatic rings. The zero-order valence-corrected chi connectivity index (χ0v) is 5.46. The van der Waals surface area contributed by atoms with Crippen LogP contribution in [0.4, 0.5) is 0 Å². The normalized spacial score (nSPS) is 16.3. The Morgan fingerprint density at radius 2 is 1.80 bits per heavy atom. The fraction of sp³-hybridized carbons (Fsp3) is 0.143. The van der Waals surface area contributed by atoms with Gasteiger partial charge in [0.15, 0.2) is 11.6 Å². The van der Waals surface area contributed by atoms with Crippen molar-refractivity contribution in [3.63, 3.8) is 0 Å². The van der Waals surface area contributed by atoms with Gasteiger partial charge < -0.3 is 4.74 Å². The number of allylic oxidation sites excluding steroid dienone is 3. The van der Waals surface area contributed by atoms with E-state index in [1.54, 1.807) is 0 Å². The molecule has 0 bridgehead atoms. The van der Waals surface area contributed by atoms with Crippen LogP contribution in [0, 0.1) is 0 Å². The Labute approximate surface area is 58.0 Å². The average Bonchev–Trinajstić information content (AvgIpc) is 2.20. The number of hydrogen-bond donors (Lipinski definition) is 0. The van der Waals surface area contributed by atoms with Crippen LogP contribution < -0.4 is 0 Å². The van der Waals surface area contributed by atoms with Gasteiger partial charge >= 0.3 is 0 Å². The Hall–Kier alpha value is -1.38. The average molecular weight is 138 g/mol. The molecule has 1 rings (SSSR count). The molecule has 3 heteroatoms. The highest BCUT2D eigenvalue weighted by molar-refractivity contribution is 6.33. The molecule has 0 unspecified atom stereocenters. The Kier molecular flexibility index (Phi) is 1.67. The Balaban J connectivity index is 2.89. The second kappa shape index (κ2) is 2.47. The van der Waals surface area contributed by atoms with Crippen LogP contribution in [0.1, 0.15) is 0 Å². The molecular weight excluding hydrogens is 132 g/mol. The zero-order chi connectivity index (χ0) is 7.56. The van der Waals surface area contributed by atoms with E-state index >= 15 is 0 Å². The molecule has 0 fully saturated rings. The molecule has 0 N–H and O–H groups in total. The largest absolute Gasteiger partial charge is 0.503 e. The smallest absolute Gasteiger partial charge is 0.193 e. The van der Waals surface area contributed by atoms with Gasteiger partial charge in [0, 0.05) is 0 Å². The fourth-order valence-corrected chi connectivity index (χ4v) is 0.686. The number of carbonyl (C=O) groups excluding carboxylic acids is 2. The summed E-state index contributed by atoms with van der Waals surface area (Å²) < 4.78 is 4.52. The van der Waals surface area contributed by atoms with Gasteiger partial charge in [0.2, 0.25) is 0 Å². The monoisotopic (exact) mass is 138 g/mol. The van der Waals surface area contributed by atoms with Crippen molar-refractivity contribution in [2.75, 3.05) is 7.11 Å². The van der Waals surface area contributed by atoms with Gasteiger partial charge in [-0.15, -0.1) is 0 Å². The lowest BCUT2D eigenvalue weighted by Gasteiger charge is -1.90. The molecule has 10 heavy (non-hydrogen) atoms. The third-order valence-electron chi connectivity index (χ3n) is 1.15. The van der Waals surface area contributed by atoms with E-state index in [4.69, 9.17) is 0 Å². The van der Waals surface area contributed by atoms with Gasteiger partial charge in [0.1, 0.15) is 5.57 Å². The SMILES string of the molecule is COC=C1C(=O)C=CC1=O. The minimum Gasteiger partial charge on any atom is -0.503 e. The molecule has 0 heterocycles. The van der Waals surface area contributed by atoms with Crippen LogP contribution in [0.2, 0.25) is 0 Å². The second-order valence-electron chi connectivity index (χ2n) is 1.83. The molecule has 1 aliphatic carbocycles. The third kappa shape index (κ3) is 0.978. The molecule has 0 amide bonds. The predicted molar refractivity (Wildman–Crippen MR) is 34.2 cm³/mol. The maximum Gasteiger partial charge on any atom is 0.193 e. The quantitative estimate of drug-likeness (QED) is 0.296. The molecule has 0 spiro atoms. The van der Waals surface area contributed by atoms with Gasteiger partial charge in [-0.05, 0) is 12.2 Å². The van der Waals surface area contributed by atoms with E-state index in [-0.39, 0.29) is 17.1 Å². The molecule has 0 radical (unpaired) electrons. The highest BCUT2D eigenvalue weighted by Crippen LogP contribution is 2.08. The maximum atomic E-state index is 10.7. The summed E-state index contributed by atoms with van der Waals surface area (Å²) in [7, 11) is 1.39. The van der Waals surface area contributed by atoms with Gasteiger partial charge in [-0.3, -0.25) is 9.59 Å². The van der Waals surface area contributed by atoms with E-state index in [1.165, 1.54) is 19.3 Å². The fourth-order valence-electron chi connectivity index (χ4n) is 0.686. The van der Waals surface area contributed by atoms with Gasteiger partial charge in [-0.25, -0.2) is 0 Å². The van der Waals surface area contributed by atoms with E-state index < -0.39 is 0 Å². The highest BCUT2D eigenvalue weighted by atomic mass is 16.5. The molecule has 52 valence electrons. The highest BCUT2D eigenvalue weighted by Gasteiger charge is 2.19. The van der Waals surface area contributed by atoms with Crippen LogP contribution in [0.5, 0.6) is 0 Å². The maximum absolute atomic E-state index is 10.7. The lowest BCUT2D eigenvalue weighted by atomic mass is 10.2. The predicted octanol–water partition coefficient (Wildman–Crippen LogP) is 0.225. The van der Waals surface area contributed by atoms with E-state index in [9.17, 15) is 9.59 Å². The van der Waals surface area contributed by atoms with Crippen molar-refractivity contribution < 1.29 is 14.3 Å². The summed E-state index contributed by atoms with van der Waals surface area (Å²) in [6, 6.07) is 0. The van der Waals surface area contributed by atoms with Crippen molar-refractivity contribution in [1.29, 1.82) is 0 Å². The van der Waals surface area contributed by atoms with Gasteiger partial charge in [0.25, 0.3) is 0 Å². The minimum atomic E-state index is -0.285. The Bertz CT molecular complexity index is 215. The minimum absolute atomic E-state index is 0.0995. The Morgan fingerprint density at radius 1 is 1.30 bits per heavy atom. The number of ether oxygens (including phenoxy) is 1. The van der Waals surface area contributed by atoms with E-state index in [0.717, 1.165) is 6.26 Å². The van der Waals surface area contributed by atoms with Gasteiger partial charge in [-0.2, -0.15) is 0 Å². The summed E-state index contributed by atoms with van der Waals surface area (Å²) in [5.41, 5.74) is 0.0995. The number of ketones is 2. The van der Waals surface area contributed by atoms with E-state index in [2.05, 4.69) is 4.74 Å². The Morgan fingerprint density at radius 3 is 2.20 bits per heavy atom. The van der Waals surface area contributed by atoms with Crippen LogP contribution >= 0.6 is 0 Å². The van der Waals surface area contributed by atoms with Crippen LogP contribution in [-0.4, -0.2) is 18.7 Å². The van der Waals surface area contributed by atoms with E-state index in [0.29, 0.717) is 0 Å². The topological polar surface area (TPSA) is 43.4 Å². The van der Waals surface area contributed by atoms with Crippen LogP contribution in [0.3, 0.4) is 0 Å². The summed E-state index contributed by atoms with van der Waals surface area (Å²) >= 11 is 0. The van der Waals surface area contributed by atoms with Crippen LogP contribution in [0.15, 0.2) is 24.0 Å². The first-order chi connectivity index (χ1) is 4.75. The van der Waals surface area contributed by atoms with Crippen molar-refractivity contribution >= 4 is 11.6 Å². The molecule has 0 atom stereocenters. The van der Waals surface area contributed by atoms with E-state index in [1.807, 2.05) is 0 Å². The summed E-state index contributed by atoms with van der Waals surface area (Å²) in [5.74, 6) is -0.571. The second-order valence-corrected chi connectivity index (χ2v) is 1.83. The van der Waals surface area contributed by atoms with Crippen molar-refractivity contribution in [3.8, 4) is 0 Å². The molecule has 0 aromatic carbocycles. The van der Waals surface area contributed by atoms with Crippen molar-refractivity contribution in [3.05, 3.63) is 24.0 Å². The zero-order valence-electron chi connectivity index (χ0n) is 5.46. The molecule has 0 aromatic heterocycles.